The molecule has 0 spiro atoms. The summed E-state index contributed by atoms with van der Waals surface area (Å²) in [5.41, 5.74) is 0. The smallest absolute Gasteiger partial charge is 0.330 e. The molecular weight excluding hydrogens is 292 g/mol. The third-order valence-electron chi connectivity index (χ3n) is 4.24. The van der Waals surface area contributed by atoms with E-state index in [1.807, 2.05) is 0 Å². The highest BCUT2D eigenvalue weighted by atomic mass is 16.5. The molecule has 0 radical (unpaired) electrons. The number of Topliss-reactive ketones (excluding diaryl/α,β-unsaturated/α-hetero) is 1. The molecule has 4 heteroatoms. The van der Waals surface area contributed by atoms with Crippen LogP contribution in [-0.4, -0.2) is 29.1 Å². The second-order valence-electron chi connectivity index (χ2n) is 6.55. The molecule has 0 saturated heterocycles. The number of hydrogen-bond donors (Lipinski definition) is 1. The van der Waals surface area contributed by atoms with Crippen molar-refractivity contribution in [3.63, 3.8) is 0 Å². The monoisotopic (exact) mass is 324 g/mol. The number of unbranched alkanes of at least 4 members (excludes halogenated alkanes) is 7. The van der Waals surface area contributed by atoms with Gasteiger partial charge in [-0.3, -0.25) is 4.79 Å². The molecule has 0 aromatic heterocycles. The van der Waals surface area contributed by atoms with Crippen LogP contribution in [-0.2, 0) is 14.3 Å². The summed E-state index contributed by atoms with van der Waals surface area (Å²) >= 11 is 0. The van der Waals surface area contributed by atoms with Crippen LogP contribution in [0.3, 0.4) is 0 Å². The predicted molar refractivity (Wildman–Crippen MR) is 91.1 cm³/mol. The number of carbonyl (C=O) groups is 2. The number of ketones is 1. The molecule has 0 aromatic carbocycles. The Bertz CT molecular complexity index is 376. The molecule has 132 valence electrons. The van der Waals surface area contributed by atoms with Gasteiger partial charge in [0.05, 0.1) is 6.10 Å². The number of ether oxygens (including phenoxy) is 1. The van der Waals surface area contributed by atoms with Gasteiger partial charge in [0.15, 0.2) is 0 Å². The Hall–Kier alpha value is -1.16. The highest BCUT2D eigenvalue weighted by molar-refractivity contribution is 5.82. The normalized spacial score (nSPS) is 18.7. The van der Waals surface area contributed by atoms with Crippen LogP contribution in [0.15, 0.2) is 12.2 Å². The van der Waals surface area contributed by atoms with E-state index in [1.54, 1.807) is 6.08 Å². The fraction of sp³-hybridized carbons (Fsp3) is 0.789. The van der Waals surface area contributed by atoms with Crippen LogP contribution >= 0.6 is 0 Å². The summed E-state index contributed by atoms with van der Waals surface area (Å²) in [7, 11) is 0. The zero-order valence-electron chi connectivity index (χ0n) is 14.5. The fourth-order valence-electron chi connectivity index (χ4n) is 2.92. The van der Waals surface area contributed by atoms with E-state index in [9.17, 15) is 14.7 Å². The van der Waals surface area contributed by atoms with Gasteiger partial charge in [-0.25, -0.2) is 4.79 Å². The van der Waals surface area contributed by atoms with Crippen LogP contribution in [0, 0.1) is 0 Å². The Kier molecular flexibility index (Phi) is 10.6. The van der Waals surface area contributed by atoms with Gasteiger partial charge in [0.1, 0.15) is 11.9 Å². The van der Waals surface area contributed by atoms with Crippen molar-refractivity contribution in [2.75, 3.05) is 0 Å². The molecule has 23 heavy (non-hydrogen) atoms. The van der Waals surface area contributed by atoms with Crippen LogP contribution in [0.1, 0.15) is 84.0 Å². The van der Waals surface area contributed by atoms with Crippen molar-refractivity contribution in [2.24, 2.45) is 0 Å². The number of esters is 1. The predicted octanol–water partition coefficient (Wildman–Crippen LogP) is 4.10. The minimum absolute atomic E-state index is 0.112. The third kappa shape index (κ3) is 10.3. The lowest BCUT2D eigenvalue weighted by atomic mass is 10.00. The first-order valence-electron chi connectivity index (χ1n) is 9.18. The zero-order chi connectivity index (χ0) is 16.9. The van der Waals surface area contributed by atoms with E-state index >= 15 is 0 Å². The van der Waals surface area contributed by atoms with Gasteiger partial charge in [0.2, 0.25) is 0 Å². The molecule has 0 fully saturated rings. The summed E-state index contributed by atoms with van der Waals surface area (Å²) in [5.74, 6) is -0.250. The van der Waals surface area contributed by atoms with E-state index in [0.29, 0.717) is 19.3 Å². The van der Waals surface area contributed by atoms with E-state index in [2.05, 4.69) is 6.92 Å². The molecule has 2 atom stereocenters. The van der Waals surface area contributed by atoms with Crippen molar-refractivity contribution >= 4 is 11.8 Å². The average Bonchev–Trinajstić information content (AvgIpc) is 2.49. The fourth-order valence-corrected chi connectivity index (χ4v) is 2.92. The summed E-state index contributed by atoms with van der Waals surface area (Å²) in [5, 5.41) is 9.95. The Morgan fingerprint density at radius 3 is 2.52 bits per heavy atom. The van der Waals surface area contributed by atoms with Gasteiger partial charge >= 0.3 is 5.97 Å². The number of carbonyl (C=O) groups excluding carboxylic acids is 2. The lowest BCUT2D eigenvalue weighted by Gasteiger charge is -2.21. The molecule has 1 heterocycles. The van der Waals surface area contributed by atoms with Crippen molar-refractivity contribution in [3.8, 4) is 0 Å². The number of hydrogen-bond acceptors (Lipinski definition) is 4. The number of cyclic esters (lactones) is 1. The van der Waals surface area contributed by atoms with Crippen molar-refractivity contribution in [2.45, 2.75) is 96.2 Å². The maximum atomic E-state index is 11.9. The van der Waals surface area contributed by atoms with Crippen molar-refractivity contribution in [1.82, 2.24) is 0 Å². The number of aliphatic hydroxyl groups is 1. The number of rotatable bonds is 13. The van der Waals surface area contributed by atoms with Gasteiger partial charge in [0, 0.05) is 31.8 Å². The summed E-state index contributed by atoms with van der Waals surface area (Å²) in [6.07, 6.45) is 13.5. The average molecular weight is 324 g/mol. The number of aliphatic hydroxyl groups excluding tert-OH is 1. The molecule has 0 aromatic rings. The molecule has 1 N–H and O–H groups in total. The Morgan fingerprint density at radius 2 is 1.87 bits per heavy atom. The van der Waals surface area contributed by atoms with E-state index in [4.69, 9.17) is 4.74 Å². The van der Waals surface area contributed by atoms with Crippen molar-refractivity contribution in [3.05, 3.63) is 12.2 Å². The summed E-state index contributed by atoms with van der Waals surface area (Å²) in [6, 6.07) is 0. The van der Waals surface area contributed by atoms with Crippen LogP contribution in [0.2, 0.25) is 0 Å². The Morgan fingerprint density at radius 1 is 1.22 bits per heavy atom. The summed E-state index contributed by atoms with van der Waals surface area (Å²) in [6.45, 7) is 2.22. The van der Waals surface area contributed by atoms with E-state index in [-0.39, 0.29) is 24.3 Å². The van der Waals surface area contributed by atoms with Gasteiger partial charge in [-0.15, -0.1) is 0 Å². The van der Waals surface area contributed by atoms with Crippen LogP contribution in [0.25, 0.3) is 0 Å². The van der Waals surface area contributed by atoms with Crippen LogP contribution < -0.4 is 0 Å². The third-order valence-corrected chi connectivity index (χ3v) is 4.24. The first kappa shape index (κ1) is 19.9. The van der Waals surface area contributed by atoms with Gasteiger partial charge in [0.25, 0.3) is 0 Å². The summed E-state index contributed by atoms with van der Waals surface area (Å²) in [4.78, 5) is 23.0. The molecule has 0 unspecified atom stereocenters. The maximum Gasteiger partial charge on any atom is 0.330 e. The topological polar surface area (TPSA) is 63.6 Å². The molecule has 0 bridgehead atoms. The Balaban J connectivity index is 2.00. The minimum Gasteiger partial charge on any atom is -0.459 e. The molecule has 1 rings (SSSR count). The standard InChI is InChI=1S/C19H32O4/c1-2-3-4-5-6-7-8-9-11-16(20)14-17(21)15-18-12-10-13-19(22)23-18/h10,13,17-18,21H,2-9,11-12,14-15H2,1H3/t17-,18-/m0/s1. The van der Waals surface area contributed by atoms with Crippen LogP contribution in [0.4, 0.5) is 0 Å². The molecule has 0 saturated carbocycles. The van der Waals surface area contributed by atoms with E-state index < -0.39 is 6.10 Å². The second kappa shape index (κ2) is 12.3. The lowest BCUT2D eigenvalue weighted by molar-refractivity contribution is -0.145. The van der Waals surface area contributed by atoms with Gasteiger partial charge in [-0.05, 0) is 6.42 Å². The van der Waals surface area contributed by atoms with Crippen molar-refractivity contribution < 1.29 is 19.4 Å². The molecule has 4 nitrogen and oxygen atoms in total. The SMILES string of the molecule is CCCCCCCCCCC(=O)C[C@H](O)C[C@@H]1CC=CC(=O)O1. The highest BCUT2D eigenvalue weighted by Crippen LogP contribution is 2.16. The van der Waals surface area contributed by atoms with Gasteiger partial charge < -0.3 is 9.84 Å². The molecule has 0 amide bonds. The minimum atomic E-state index is -0.708. The molecule has 1 aliphatic heterocycles. The van der Waals surface area contributed by atoms with E-state index in [1.165, 1.54) is 44.6 Å². The molecule has 1 aliphatic rings. The molecule has 0 aliphatic carbocycles. The van der Waals surface area contributed by atoms with Crippen molar-refractivity contribution in [1.29, 1.82) is 0 Å². The van der Waals surface area contributed by atoms with Crippen LogP contribution in [0.5, 0.6) is 0 Å². The zero-order valence-corrected chi connectivity index (χ0v) is 14.5. The maximum absolute atomic E-state index is 11.9. The first-order valence-corrected chi connectivity index (χ1v) is 9.18. The van der Waals surface area contributed by atoms with E-state index in [0.717, 1.165) is 12.8 Å². The largest absolute Gasteiger partial charge is 0.459 e. The highest BCUT2D eigenvalue weighted by Gasteiger charge is 2.21. The summed E-state index contributed by atoms with van der Waals surface area (Å²) < 4.78 is 5.09. The lowest BCUT2D eigenvalue weighted by Crippen LogP contribution is -2.26. The van der Waals surface area contributed by atoms with Gasteiger partial charge in [-0.1, -0.05) is 57.9 Å². The molecular formula is C19H32O4. The second-order valence-corrected chi connectivity index (χ2v) is 6.55. The quantitative estimate of drug-likeness (QED) is 0.409. The first-order chi connectivity index (χ1) is 11.1. The Labute approximate surface area is 140 Å². The van der Waals surface area contributed by atoms with Gasteiger partial charge in [-0.2, -0.15) is 0 Å².